The van der Waals surface area contributed by atoms with Gasteiger partial charge >= 0.3 is 6.36 Å². The fourth-order valence-electron chi connectivity index (χ4n) is 2.21. The monoisotopic (exact) mass is 347 g/mol. The van der Waals surface area contributed by atoms with Crippen LogP contribution >= 0.6 is 0 Å². The van der Waals surface area contributed by atoms with E-state index in [-0.39, 0.29) is 30.0 Å². The molecule has 0 bridgehead atoms. The largest absolute Gasteiger partial charge is 0.573 e. The standard InChI is InChI=1S/C16H14F5NO2/c1-22(9-11-12(17)6-7-13(23)15(11)18)8-10-4-2-3-5-14(10)24-16(19,20)21/h2-7,23H,8-9H2,1H3. The SMILES string of the molecule is CN(Cc1ccccc1OC(F)(F)F)Cc1c(F)ccc(O)c1F. The lowest BCUT2D eigenvalue weighted by Crippen LogP contribution is -2.22. The van der Waals surface area contributed by atoms with Crippen LogP contribution in [-0.4, -0.2) is 23.4 Å². The average Bonchev–Trinajstić information content (AvgIpc) is 2.48. The molecule has 0 saturated carbocycles. The van der Waals surface area contributed by atoms with Crippen molar-refractivity contribution in [3.8, 4) is 11.5 Å². The molecule has 0 aliphatic rings. The Morgan fingerprint density at radius 3 is 2.38 bits per heavy atom. The summed E-state index contributed by atoms with van der Waals surface area (Å²) >= 11 is 0. The number of phenols is 1. The van der Waals surface area contributed by atoms with Gasteiger partial charge in [-0.1, -0.05) is 18.2 Å². The Morgan fingerprint density at radius 2 is 1.71 bits per heavy atom. The highest BCUT2D eigenvalue weighted by Gasteiger charge is 2.32. The highest BCUT2D eigenvalue weighted by atomic mass is 19.4. The van der Waals surface area contributed by atoms with Gasteiger partial charge in [0.05, 0.1) is 0 Å². The smallest absolute Gasteiger partial charge is 0.505 e. The summed E-state index contributed by atoms with van der Waals surface area (Å²) in [5.74, 6) is -3.02. The Morgan fingerprint density at radius 1 is 1.04 bits per heavy atom. The van der Waals surface area contributed by atoms with E-state index >= 15 is 0 Å². The van der Waals surface area contributed by atoms with Crippen molar-refractivity contribution in [2.24, 2.45) is 0 Å². The topological polar surface area (TPSA) is 32.7 Å². The predicted molar refractivity (Wildman–Crippen MR) is 76.3 cm³/mol. The van der Waals surface area contributed by atoms with Gasteiger partial charge in [-0.25, -0.2) is 8.78 Å². The van der Waals surface area contributed by atoms with Crippen LogP contribution in [0, 0.1) is 11.6 Å². The minimum absolute atomic E-state index is 0.0409. The third-order valence-corrected chi connectivity index (χ3v) is 3.23. The first kappa shape index (κ1) is 18.0. The van der Waals surface area contributed by atoms with Crippen molar-refractivity contribution in [1.29, 1.82) is 0 Å². The van der Waals surface area contributed by atoms with Crippen molar-refractivity contribution in [2.45, 2.75) is 19.5 Å². The molecule has 8 heteroatoms. The Balaban J connectivity index is 2.17. The molecule has 1 N–H and O–H groups in total. The lowest BCUT2D eigenvalue weighted by atomic mass is 10.1. The Hall–Kier alpha value is -2.35. The van der Waals surface area contributed by atoms with Gasteiger partial charge in [0.15, 0.2) is 11.6 Å². The van der Waals surface area contributed by atoms with E-state index in [0.29, 0.717) is 0 Å². The van der Waals surface area contributed by atoms with Crippen molar-refractivity contribution >= 4 is 0 Å². The Labute approximate surface area is 134 Å². The van der Waals surface area contributed by atoms with Gasteiger partial charge in [-0.2, -0.15) is 0 Å². The molecule has 2 aromatic rings. The molecule has 2 aromatic carbocycles. The molecule has 24 heavy (non-hydrogen) atoms. The highest BCUT2D eigenvalue weighted by Crippen LogP contribution is 2.28. The second kappa shape index (κ2) is 7.04. The van der Waals surface area contributed by atoms with Crippen molar-refractivity contribution in [1.82, 2.24) is 4.90 Å². The van der Waals surface area contributed by atoms with Gasteiger partial charge in [0.1, 0.15) is 11.6 Å². The van der Waals surface area contributed by atoms with Gasteiger partial charge in [0.2, 0.25) is 0 Å². The van der Waals surface area contributed by atoms with E-state index < -0.39 is 23.7 Å². The minimum Gasteiger partial charge on any atom is -0.505 e. The molecule has 0 atom stereocenters. The van der Waals surface area contributed by atoms with E-state index in [0.717, 1.165) is 18.2 Å². The van der Waals surface area contributed by atoms with Crippen LogP contribution in [0.4, 0.5) is 22.0 Å². The van der Waals surface area contributed by atoms with Gasteiger partial charge in [0, 0.05) is 24.2 Å². The molecule has 0 aromatic heterocycles. The average molecular weight is 347 g/mol. The van der Waals surface area contributed by atoms with E-state index in [9.17, 15) is 27.1 Å². The second-order valence-corrected chi connectivity index (χ2v) is 5.19. The molecule has 0 saturated heterocycles. The molecular weight excluding hydrogens is 333 g/mol. The van der Waals surface area contributed by atoms with Crippen LogP contribution < -0.4 is 4.74 Å². The summed E-state index contributed by atoms with van der Waals surface area (Å²) in [7, 11) is 1.48. The number of nitrogens with zero attached hydrogens (tertiary/aromatic N) is 1. The van der Waals surface area contributed by atoms with Crippen molar-refractivity contribution in [2.75, 3.05) is 7.05 Å². The highest BCUT2D eigenvalue weighted by molar-refractivity contribution is 5.34. The molecule has 0 amide bonds. The first-order valence-corrected chi connectivity index (χ1v) is 6.85. The molecule has 0 unspecified atom stereocenters. The lowest BCUT2D eigenvalue weighted by Gasteiger charge is -2.20. The van der Waals surface area contributed by atoms with E-state index in [1.165, 1.54) is 30.1 Å². The van der Waals surface area contributed by atoms with E-state index in [1.54, 1.807) is 0 Å². The quantitative estimate of drug-likeness (QED) is 0.823. The number of halogens is 5. The van der Waals surface area contributed by atoms with Crippen molar-refractivity contribution < 1.29 is 31.8 Å². The number of phenolic OH excluding ortho intramolecular Hbond substituents is 1. The molecule has 0 heterocycles. The molecule has 0 spiro atoms. The third kappa shape index (κ3) is 4.58. The summed E-state index contributed by atoms with van der Waals surface area (Å²) in [4.78, 5) is 1.40. The van der Waals surface area contributed by atoms with Crippen molar-refractivity contribution in [3.05, 3.63) is 59.2 Å². The number of rotatable bonds is 5. The normalized spacial score (nSPS) is 11.8. The number of hydrogen-bond donors (Lipinski definition) is 1. The maximum Gasteiger partial charge on any atom is 0.573 e. The number of para-hydroxylation sites is 1. The predicted octanol–water partition coefficient (Wildman–Crippen LogP) is 4.20. The minimum atomic E-state index is -4.84. The first-order valence-electron chi connectivity index (χ1n) is 6.85. The fourth-order valence-corrected chi connectivity index (χ4v) is 2.21. The van der Waals surface area contributed by atoms with Gasteiger partial charge in [0.25, 0.3) is 0 Å². The van der Waals surface area contributed by atoms with Gasteiger partial charge in [-0.15, -0.1) is 13.2 Å². The number of alkyl halides is 3. The van der Waals surface area contributed by atoms with Gasteiger partial charge < -0.3 is 9.84 Å². The van der Waals surface area contributed by atoms with E-state index in [1.807, 2.05) is 0 Å². The first-order chi connectivity index (χ1) is 11.2. The van der Waals surface area contributed by atoms with Gasteiger partial charge in [-0.3, -0.25) is 4.90 Å². The van der Waals surface area contributed by atoms with Crippen molar-refractivity contribution in [3.63, 3.8) is 0 Å². The van der Waals surface area contributed by atoms with E-state index in [4.69, 9.17) is 0 Å². The zero-order chi connectivity index (χ0) is 17.9. The third-order valence-electron chi connectivity index (χ3n) is 3.23. The molecular formula is C16H14F5NO2. The molecule has 0 radical (unpaired) electrons. The second-order valence-electron chi connectivity index (χ2n) is 5.19. The van der Waals surface area contributed by atoms with E-state index in [2.05, 4.69) is 4.74 Å². The van der Waals surface area contributed by atoms with Crippen LogP contribution in [0.3, 0.4) is 0 Å². The molecule has 0 aliphatic heterocycles. The zero-order valence-electron chi connectivity index (χ0n) is 12.6. The number of ether oxygens (including phenoxy) is 1. The molecule has 0 fully saturated rings. The van der Waals surface area contributed by atoms with Crippen LogP contribution in [0.15, 0.2) is 36.4 Å². The lowest BCUT2D eigenvalue weighted by molar-refractivity contribution is -0.275. The molecule has 2 rings (SSSR count). The molecule has 130 valence electrons. The number of benzene rings is 2. The summed E-state index contributed by atoms with van der Waals surface area (Å²) in [5, 5.41) is 9.29. The fraction of sp³-hybridized carbons (Fsp3) is 0.250. The van der Waals surface area contributed by atoms with Gasteiger partial charge in [-0.05, 0) is 25.2 Å². The maximum atomic E-state index is 13.8. The zero-order valence-corrected chi connectivity index (χ0v) is 12.6. The molecule has 3 nitrogen and oxygen atoms in total. The maximum absolute atomic E-state index is 13.8. The summed E-state index contributed by atoms with van der Waals surface area (Å²) in [6.45, 7) is -0.285. The Kier molecular flexibility index (Phi) is 5.28. The molecule has 0 aliphatic carbocycles. The summed E-state index contributed by atoms with van der Waals surface area (Å²) in [5.41, 5.74) is -0.162. The van der Waals surface area contributed by atoms with Crippen LogP contribution in [0.1, 0.15) is 11.1 Å². The number of hydrogen-bond acceptors (Lipinski definition) is 3. The Bertz CT molecular complexity index is 718. The summed E-state index contributed by atoms with van der Waals surface area (Å²) in [6.07, 6.45) is -4.84. The van der Waals surface area contributed by atoms with Crippen LogP contribution in [0.25, 0.3) is 0 Å². The summed E-state index contributed by atoms with van der Waals surface area (Å²) in [6, 6.07) is 7.31. The number of aromatic hydroxyl groups is 1. The summed E-state index contributed by atoms with van der Waals surface area (Å²) < 4.78 is 68.6. The van der Waals surface area contributed by atoms with Crippen LogP contribution in [0.5, 0.6) is 11.5 Å². The van der Waals surface area contributed by atoms with Crippen LogP contribution in [-0.2, 0) is 13.1 Å². The van der Waals surface area contributed by atoms with Crippen LogP contribution in [0.2, 0.25) is 0 Å².